The number of aryl methyl sites for hydroxylation is 1. The van der Waals surface area contributed by atoms with E-state index in [1.165, 1.54) is 0 Å². The predicted molar refractivity (Wildman–Crippen MR) is 78.1 cm³/mol. The van der Waals surface area contributed by atoms with Crippen LogP contribution >= 0.6 is 23.8 Å². The van der Waals surface area contributed by atoms with Gasteiger partial charge in [0, 0.05) is 23.1 Å². The number of benzene rings is 1. The van der Waals surface area contributed by atoms with Crippen LogP contribution in [0.25, 0.3) is 0 Å². The van der Waals surface area contributed by atoms with Gasteiger partial charge in [-0.05, 0) is 36.8 Å². The first kappa shape index (κ1) is 12.7. The molecule has 0 aliphatic heterocycles. The maximum atomic E-state index is 5.93. The van der Waals surface area contributed by atoms with E-state index in [1.807, 2.05) is 25.1 Å². The van der Waals surface area contributed by atoms with E-state index < -0.39 is 0 Å². The first-order valence-electron chi connectivity index (χ1n) is 5.25. The highest BCUT2D eigenvalue weighted by molar-refractivity contribution is 7.80. The van der Waals surface area contributed by atoms with Gasteiger partial charge in [0.05, 0.1) is 6.20 Å². The fraction of sp³-hybridized carbons (Fsp3) is 0.0833. The number of thiocarbonyl (C=S) groups is 1. The lowest BCUT2D eigenvalue weighted by atomic mass is 10.2. The number of nitrogens with zero attached hydrogens (tertiary/aromatic N) is 2. The molecule has 0 aliphatic rings. The van der Waals surface area contributed by atoms with Crippen LogP contribution in [0.3, 0.4) is 0 Å². The molecule has 0 spiro atoms. The first-order valence-corrected chi connectivity index (χ1v) is 6.04. The summed E-state index contributed by atoms with van der Waals surface area (Å²) in [5, 5.41) is 7.11. The molecule has 0 bridgehead atoms. The molecule has 2 rings (SSSR count). The molecule has 2 N–H and O–H groups in total. The Morgan fingerprint density at radius 1 is 1.28 bits per heavy atom. The monoisotopic (exact) mass is 278 g/mol. The average Bonchev–Trinajstić information content (AvgIpc) is 2.35. The summed E-state index contributed by atoms with van der Waals surface area (Å²) in [6.45, 7) is 1.98. The van der Waals surface area contributed by atoms with E-state index in [4.69, 9.17) is 23.8 Å². The molecule has 1 aromatic heterocycles. The Labute approximate surface area is 115 Å². The van der Waals surface area contributed by atoms with Crippen molar-refractivity contribution in [2.75, 3.05) is 10.6 Å². The van der Waals surface area contributed by atoms with Crippen molar-refractivity contribution in [3.63, 3.8) is 0 Å². The summed E-state index contributed by atoms with van der Waals surface area (Å²) in [5.74, 6) is 0.592. The molecule has 6 heteroatoms. The number of hydrogen-bond donors (Lipinski definition) is 2. The van der Waals surface area contributed by atoms with Gasteiger partial charge in [0.25, 0.3) is 0 Å². The van der Waals surface area contributed by atoms with Crippen molar-refractivity contribution >= 4 is 40.4 Å². The smallest absolute Gasteiger partial charge is 0.176 e. The number of nitrogens with one attached hydrogen (secondary N) is 2. The zero-order valence-electron chi connectivity index (χ0n) is 9.64. The van der Waals surface area contributed by atoms with Crippen LogP contribution in [0.2, 0.25) is 5.02 Å². The molecule has 1 heterocycles. The van der Waals surface area contributed by atoms with E-state index in [-0.39, 0.29) is 0 Å². The summed E-state index contributed by atoms with van der Waals surface area (Å²) < 4.78 is 0. The number of rotatable bonds is 2. The standard InChI is InChI=1S/C12H11ClN4S/c1-8-2-3-9(13)6-10(8)16-12(18)17-11-7-14-4-5-15-11/h2-7H,1H3,(H2,15,16,17,18). The van der Waals surface area contributed by atoms with Gasteiger partial charge in [0.2, 0.25) is 0 Å². The molecule has 1 aromatic carbocycles. The van der Waals surface area contributed by atoms with E-state index in [1.54, 1.807) is 18.6 Å². The third kappa shape index (κ3) is 3.38. The van der Waals surface area contributed by atoms with Gasteiger partial charge in [-0.2, -0.15) is 0 Å². The number of halogens is 1. The number of anilines is 2. The molecule has 2 aromatic rings. The van der Waals surface area contributed by atoms with Gasteiger partial charge < -0.3 is 10.6 Å². The van der Waals surface area contributed by atoms with Gasteiger partial charge >= 0.3 is 0 Å². The van der Waals surface area contributed by atoms with Crippen LogP contribution < -0.4 is 10.6 Å². The normalized spacial score (nSPS) is 9.89. The summed E-state index contributed by atoms with van der Waals surface area (Å²) in [6.07, 6.45) is 4.79. The third-order valence-electron chi connectivity index (χ3n) is 2.25. The number of aromatic nitrogens is 2. The van der Waals surface area contributed by atoms with Crippen molar-refractivity contribution in [3.8, 4) is 0 Å². The minimum absolute atomic E-state index is 0.445. The molecule has 0 saturated carbocycles. The maximum Gasteiger partial charge on any atom is 0.176 e. The van der Waals surface area contributed by atoms with Gasteiger partial charge in [0.15, 0.2) is 10.9 Å². The Bertz CT molecular complexity index is 559. The molecule has 0 aliphatic carbocycles. The molecule has 0 amide bonds. The Hall–Kier alpha value is -1.72. The van der Waals surface area contributed by atoms with Gasteiger partial charge in [-0.25, -0.2) is 4.98 Å². The molecule has 0 unspecified atom stereocenters. The van der Waals surface area contributed by atoms with Gasteiger partial charge in [-0.15, -0.1) is 0 Å². The van der Waals surface area contributed by atoms with Crippen LogP contribution in [0.1, 0.15) is 5.56 Å². The van der Waals surface area contributed by atoms with Gasteiger partial charge in [-0.1, -0.05) is 17.7 Å². The Morgan fingerprint density at radius 3 is 2.83 bits per heavy atom. The first-order chi connectivity index (χ1) is 8.65. The molecular weight excluding hydrogens is 268 g/mol. The van der Waals surface area contributed by atoms with Crippen molar-refractivity contribution in [1.82, 2.24) is 9.97 Å². The SMILES string of the molecule is Cc1ccc(Cl)cc1NC(=S)Nc1cnccn1. The average molecular weight is 279 g/mol. The summed E-state index contributed by atoms with van der Waals surface area (Å²) in [7, 11) is 0. The highest BCUT2D eigenvalue weighted by Crippen LogP contribution is 2.20. The van der Waals surface area contributed by atoms with Crippen molar-refractivity contribution < 1.29 is 0 Å². The summed E-state index contributed by atoms with van der Waals surface area (Å²) in [5.41, 5.74) is 1.92. The number of hydrogen-bond acceptors (Lipinski definition) is 3. The van der Waals surface area contributed by atoms with E-state index in [0.717, 1.165) is 11.3 Å². The van der Waals surface area contributed by atoms with E-state index in [0.29, 0.717) is 16.0 Å². The Morgan fingerprint density at radius 2 is 2.11 bits per heavy atom. The lowest BCUT2D eigenvalue weighted by Gasteiger charge is -2.11. The fourth-order valence-electron chi connectivity index (χ4n) is 1.36. The molecule has 18 heavy (non-hydrogen) atoms. The third-order valence-corrected chi connectivity index (χ3v) is 2.69. The lowest BCUT2D eigenvalue weighted by Crippen LogP contribution is -2.20. The van der Waals surface area contributed by atoms with Crippen LogP contribution in [0.4, 0.5) is 11.5 Å². The van der Waals surface area contributed by atoms with Crippen molar-refractivity contribution in [3.05, 3.63) is 47.4 Å². The Balaban J connectivity index is 2.05. The van der Waals surface area contributed by atoms with Gasteiger partial charge in [-0.3, -0.25) is 4.98 Å². The van der Waals surface area contributed by atoms with Crippen molar-refractivity contribution in [1.29, 1.82) is 0 Å². The second-order valence-corrected chi connectivity index (χ2v) is 4.47. The second kappa shape index (κ2) is 5.75. The molecular formula is C12H11ClN4S. The van der Waals surface area contributed by atoms with Crippen LogP contribution in [0.5, 0.6) is 0 Å². The van der Waals surface area contributed by atoms with Crippen molar-refractivity contribution in [2.24, 2.45) is 0 Å². The largest absolute Gasteiger partial charge is 0.332 e. The van der Waals surface area contributed by atoms with Crippen molar-refractivity contribution in [2.45, 2.75) is 6.92 Å². The molecule has 0 atom stereocenters. The molecule has 92 valence electrons. The predicted octanol–water partition coefficient (Wildman–Crippen LogP) is 3.25. The van der Waals surface area contributed by atoms with E-state index >= 15 is 0 Å². The molecule has 0 radical (unpaired) electrons. The summed E-state index contributed by atoms with van der Waals surface area (Å²) in [4.78, 5) is 8.02. The summed E-state index contributed by atoms with van der Waals surface area (Å²) >= 11 is 11.1. The highest BCUT2D eigenvalue weighted by Gasteiger charge is 2.03. The Kier molecular flexibility index (Phi) is 4.07. The summed E-state index contributed by atoms with van der Waals surface area (Å²) in [6, 6.07) is 5.58. The van der Waals surface area contributed by atoms with Gasteiger partial charge in [0.1, 0.15) is 0 Å². The lowest BCUT2D eigenvalue weighted by molar-refractivity contribution is 1.21. The quantitative estimate of drug-likeness (QED) is 0.826. The topological polar surface area (TPSA) is 49.8 Å². The zero-order chi connectivity index (χ0) is 13.0. The fourth-order valence-corrected chi connectivity index (χ4v) is 1.75. The van der Waals surface area contributed by atoms with E-state index in [2.05, 4.69) is 20.6 Å². The van der Waals surface area contributed by atoms with Crippen LogP contribution in [0, 0.1) is 6.92 Å². The maximum absolute atomic E-state index is 5.93. The van der Waals surface area contributed by atoms with Crippen LogP contribution in [0.15, 0.2) is 36.8 Å². The molecule has 4 nitrogen and oxygen atoms in total. The van der Waals surface area contributed by atoms with Crippen LogP contribution in [-0.4, -0.2) is 15.1 Å². The zero-order valence-corrected chi connectivity index (χ0v) is 11.2. The molecule has 0 fully saturated rings. The molecule has 0 saturated heterocycles. The van der Waals surface area contributed by atoms with E-state index in [9.17, 15) is 0 Å². The minimum atomic E-state index is 0.445. The van der Waals surface area contributed by atoms with Crippen LogP contribution in [-0.2, 0) is 0 Å². The second-order valence-electron chi connectivity index (χ2n) is 3.63. The highest BCUT2D eigenvalue weighted by atomic mass is 35.5. The minimum Gasteiger partial charge on any atom is -0.332 e.